The average Bonchev–Trinajstić information content (AvgIpc) is 1.84. The number of esters is 1. The number of carbonyl (C=O) groups is 1. The van der Waals surface area contributed by atoms with Gasteiger partial charge in [-0.05, 0) is 6.42 Å². The molecule has 0 amide bonds. The number of hydrogen-bond acceptors (Lipinski definition) is 5. The highest BCUT2D eigenvalue weighted by atomic mass is 16.9. The predicted octanol–water partition coefficient (Wildman–Crippen LogP) is -0.302. The first kappa shape index (κ1) is 11.4. The molecular weight excluding hydrogens is 164 g/mol. The highest BCUT2D eigenvalue weighted by molar-refractivity contribution is 5.69. The third-order valence-corrected chi connectivity index (χ3v) is 1.24. The third kappa shape index (κ3) is 7.46. The Morgan fingerprint density at radius 1 is 1.33 bits per heavy atom. The van der Waals surface area contributed by atoms with Crippen LogP contribution in [0, 0.1) is 0 Å². The van der Waals surface area contributed by atoms with Crippen LogP contribution in [0.5, 0.6) is 0 Å². The Morgan fingerprint density at radius 2 is 1.92 bits per heavy atom. The van der Waals surface area contributed by atoms with Gasteiger partial charge in [0.15, 0.2) is 0 Å². The SMILES string of the molecule is CCCCCC(=O)OC(O)(O)O. The molecule has 0 aromatic carbocycles. The lowest BCUT2D eigenvalue weighted by Crippen LogP contribution is -2.33. The van der Waals surface area contributed by atoms with E-state index in [0.29, 0.717) is 6.42 Å². The first-order chi connectivity index (χ1) is 5.45. The fourth-order valence-corrected chi connectivity index (χ4v) is 0.723. The second-order valence-corrected chi connectivity index (χ2v) is 2.51. The molecule has 0 saturated heterocycles. The van der Waals surface area contributed by atoms with Crippen molar-refractivity contribution in [2.24, 2.45) is 0 Å². The Hall–Kier alpha value is -0.650. The van der Waals surface area contributed by atoms with Gasteiger partial charge in [-0.15, -0.1) is 0 Å². The molecule has 0 aliphatic heterocycles. The van der Waals surface area contributed by atoms with Crippen LogP contribution in [-0.2, 0) is 9.53 Å². The Bertz CT molecular complexity index is 137. The van der Waals surface area contributed by atoms with Gasteiger partial charge in [-0.3, -0.25) is 4.79 Å². The van der Waals surface area contributed by atoms with Crippen molar-refractivity contribution in [3.63, 3.8) is 0 Å². The van der Waals surface area contributed by atoms with E-state index < -0.39 is 12.1 Å². The molecule has 0 atom stereocenters. The summed E-state index contributed by atoms with van der Waals surface area (Å²) in [6.07, 6.45) is -0.813. The smallest absolute Gasteiger partial charge is 0.384 e. The van der Waals surface area contributed by atoms with Gasteiger partial charge in [-0.1, -0.05) is 19.8 Å². The molecule has 5 heteroatoms. The molecule has 0 aromatic heterocycles. The molecule has 0 bridgehead atoms. The number of ether oxygens (including phenoxy) is 1. The zero-order chi connectivity index (χ0) is 9.61. The summed E-state index contributed by atoms with van der Waals surface area (Å²) < 4.78 is 3.81. The Morgan fingerprint density at radius 3 is 2.33 bits per heavy atom. The third-order valence-electron chi connectivity index (χ3n) is 1.24. The Kier molecular flexibility index (Phi) is 4.80. The van der Waals surface area contributed by atoms with E-state index in [-0.39, 0.29) is 6.42 Å². The van der Waals surface area contributed by atoms with E-state index in [0.717, 1.165) is 12.8 Å². The van der Waals surface area contributed by atoms with Crippen molar-refractivity contribution >= 4 is 5.97 Å². The van der Waals surface area contributed by atoms with E-state index in [9.17, 15) is 4.79 Å². The summed E-state index contributed by atoms with van der Waals surface area (Å²) in [6.45, 7) is 1.97. The Balaban J connectivity index is 3.47. The number of carbonyl (C=O) groups excluding carboxylic acids is 1. The van der Waals surface area contributed by atoms with E-state index in [4.69, 9.17) is 15.3 Å². The van der Waals surface area contributed by atoms with E-state index in [1.54, 1.807) is 0 Å². The summed E-state index contributed by atoms with van der Waals surface area (Å²) in [6, 6.07) is 0. The normalized spacial score (nSPS) is 11.3. The zero-order valence-corrected chi connectivity index (χ0v) is 6.99. The molecule has 0 radical (unpaired) electrons. The van der Waals surface area contributed by atoms with Crippen molar-refractivity contribution < 1.29 is 24.9 Å². The molecule has 72 valence electrons. The summed E-state index contributed by atoms with van der Waals surface area (Å²) in [5.74, 6) is -0.823. The van der Waals surface area contributed by atoms with Crippen LogP contribution in [0.1, 0.15) is 32.6 Å². The van der Waals surface area contributed by atoms with Crippen LogP contribution in [0.2, 0.25) is 0 Å². The number of aliphatic hydroxyl groups is 3. The van der Waals surface area contributed by atoms with Crippen molar-refractivity contribution in [3.8, 4) is 0 Å². The first-order valence-electron chi connectivity index (χ1n) is 3.84. The minimum atomic E-state index is -3.33. The topological polar surface area (TPSA) is 87.0 Å². The van der Waals surface area contributed by atoms with Gasteiger partial charge in [0.25, 0.3) is 0 Å². The standard InChI is InChI=1S/C7H14O5/c1-2-3-4-5-6(8)12-7(9,10)11/h9-11H,2-5H2,1H3. The minimum absolute atomic E-state index is 0.0806. The molecule has 0 aliphatic rings. The predicted molar refractivity (Wildman–Crippen MR) is 39.6 cm³/mol. The maximum absolute atomic E-state index is 10.6. The number of unbranched alkanes of at least 4 members (excludes halogenated alkanes) is 2. The molecule has 0 aromatic rings. The molecule has 3 N–H and O–H groups in total. The summed E-state index contributed by atoms with van der Waals surface area (Å²) in [5.41, 5.74) is 0. The van der Waals surface area contributed by atoms with Crippen LogP contribution in [0.4, 0.5) is 0 Å². The molecular formula is C7H14O5. The number of hydrogen-bond donors (Lipinski definition) is 3. The van der Waals surface area contributed by atoms with E-state index in [2.05, 4.69) is 4.74 Å². The molecule has 0 saturated carbocycles. The largest absolute Gasteiger partial charge is 0.455 e. The van der Waals surface area contributed by atoms with Gasteiger partial charge < -0.3 is 20.1 Å². The number of rotatable bonds is 5. The van der Waals surface area contributed by atoms with Crippen LogP contribution in [0.15, 0.2) is 0 Å². The van der Waals surface area contributed by atoms with Crippen LogP contribution in [0.3, 0.4) is 0 Å². The van der Waals surface area contributed by atoms with Gasteiger partial charge in [0.2, 0.25) is 0 Å². The van der Waals surface area contributed by atoms with Crippen LogP contribution >= 0.6 is 0 Å². The molecule has 12 heavy (non-hydrogen) atoms. The summed E-state index contributed by atoms with van der Waals surface area (Å²) in [5, 5.41) is 24.6. The van der Waals surface area contributed by atoms with Crippen molar-refractivity contribution in [1.29, 1.82) is 0 Å². The lowest BCUT2D eigenvalue weighted by molar-refractivity contribution is -0.435. The second-order valence-electron chi connectivity index (χ2n) is 2.51. The summed E-state index contributed by atoms with van der Waals surface area (Å²) in [7, 11) is 0. The first-order valence-corrected chi connectivity index (χ1v) is 3.84. The van der Waals surface area contributed by atoms with Crippen molar-refractivity contribution in [2.45, 2.75) is 38.8 Å². The van der Waals surface area contributed by atoms with Gasteiger partial charge in [0.05, 0.1) is 0 Å². The fraction of sp³-hybridized carbons (Fsp3) is 0.857. The van der Waals surface area contributed by atoms with Crippen molar-refractivity contribution in [1.82, 2.24) is 0 Å². The maximum Gasteiger partial charge on any atom is 0.455 e. The maximum atomic E-state index is 10.6. The van der Waals surface area contributed by atoms with Crippen molar-refractivity contribution in [2.75, 3.05) is 0 Å². The zero-order valence-electron chi connectivity index (χ0n) is 6.99. The van der Waals surface area contributed by atoms with Gasteiger partial charge >= 0.3 is 12.1 Å². The van der Waals surface area contributed by atoms with Crippen molar-refractivity contribution in [3.05, 3.63) is 0 Å². The van der Waals surface area contributed by atoms with Gasteiger partial charge in [0, 0.05) is 6.42 Å². The molecule has 0 fully saturated rings. The molecule has 0 aliphatic carbocycles. The van der Waals surface area contributed by atoms with E-state index >= 15 is 0 Å². The second kappa shape index (κ2) is 5.08. The Labute approximate surface area is 70.6 Å². The van der Waals surface area contributed by atoms with Crippen LogP contribution in [0.25, 0.3) is 0 Å². The molecule has 0 rings (SSSR count). The molecule has 0 spiro atoms. The monoisotopic (exact) mass is 178 g/mol. The van der Waals surface area contributed by atoms with Gasteiger partial charge in [0.1, 0.15) is 0 Å². The quantitative estimate of drug-likeness (QED) is 0.305. The summed E-state index contributed by atoms with van der Waals surface area (Å²) >= 11 is 0. The summed E-state index contributed by atoms with van der Waals surface area (Å²) in [4.78, 5) is 10.6. The van der Waals surface area contributed by atoms with Crippen LogP contribution < -0.4 is 0 Å². The highest BCUT2D eigenvalue weighted by Crippen LogP contribution is 2.04. The molecule has 0 unspecified atom stereocenters. The lowest BCUT2D eigenvalue weighted by atomic mass is 10.2. The van der Waals surface area contributed by atoms with Gasteiger partial charge in [-0.25, -0.2) is 0 Å². The highest BCUT2D eigenvalue weighted by Gasteiger charge is 2.23. The lowest BCUT2D eigenvalue weighted by Gasteiger charge is -2.13. The van der Waals surface area contributed by atoms with Gasteiger partial charge in [-0.2, -0.15) is 0 Å². The van der Waals surface area contributed by atoms with E-state index in [1.807, 2.05) is 6.92 Å². The molecule has 0 heterocycles. The van der Waals surface area contributed by atoms with E-state index in [1.165, 1.54) is 0 Å². The minimum Gasteiger partial charge on any atom is -0.384 e. The molecule has 5 nitrogen and oxygen atoms in total. The average molecular weight is 178 g/mol. The fourth-order valence-electron chi connectivity index (χ4n) is 0.723. The van der Waals surface area contributed by atoms with Crippen LogP contribution in [-0.4, -0.2) is 27.4 Å².